The molecule has 1 nitrogen and oxygen atoms in total. The molecule has 2 rings (SSSR count). The average Bonchev–Trinajstić information content (AvgIpc) is 2.43. The fraction of sp³-hybridized carbons (Fsp3) is 0.250. The predicted octanol–water partition coefficient (Wildman–Crippen LogP) is 3.87. The average molecular weight is 279 g/mol. The van der Waals surface area contributed by atoms with Gasteiger partial charge < -0.3 is 5.11 Å². The van der Waals surface area contributed by atoms with Gasteiger partial charge in [-0.3, -0.25) is 0 Å². The van der Waals surface area contributed by atoms with Crippen molar-refractivity contribution in [1.82, 2.24) is 0 Å². The van der Waals surface area contributed by atoms with E-state index in [4.69, 9.17) is 11.6 Å². The van der Waals surface area contributed by atoms with Crippen LogP contribution < -0.4 is 0 Å². The zero-order valence-corrected chi connectivity index (χ0v) is 11.3. The van der Waals surface area contributed by atoms with Crippen LogP contribution in [0.5, 0.6) is 0 Å². The van der Waals surface area contributed by atoms with Crippen LogP contribution in [0.1, 0.15) is 11.1 Å². The molecule has 0 saturated carbocycles. The van der Waals surface area contributed by atoms with Gasteiger partial charge in [-0.25, -0.2) is 4.39 Å². The maximum Gasteiger partial charge on any atom is 0.142 e. The van der Waals surface area contributed by atoms with Crippen LogP contribution in [0.2, 0.25) is 5.02 Å². The lowest BCUT2D eigenvalue weighted by molar-refractivity contribution is 0.225. The summed E-state index contributed by atoms with van der Waals surface area (Å²) in [5.74, 6) is -0.321. The second-order valence-corrected chi connectivity index (χ2v) is 5.10. The molecule has 0 radical (unpaired) electrons. The molecule has 0 amide bonds. The highest BCUT2D eigenvalue weighted by atomic mass is 35.5. The molecule has 1 atom stereocenters. The number of rotatable bonds is 5. The van der Waals surface area contributed by atoms with Crippen LogP contribution in [-0.4, -0.2) is 11.7 Å². The van der Waals surface area contributed by atoms with Gasteiger partial charge in [0.15, 0.2) is 0 Å². The Morgan fingerprint density at radius 3 is 2.32 bits per heavy atom. The molecular weight excluding hydrogens is 263 g/mol. The lowest BCUT2D eigenvalue weighted by Crippen LogP contribution is -2.13. The first-order chi connectivity index (χ1) is 9.19. The molecule has 2 aromatic rings. The third kappa shape index (κ3) is 4.05. The van der Waals surface area contributed by atoms with E-state index in [1.54, 1.807) is 12.1 Å². The van der Waals surface area contributed by atoms with Crippen LogP contribution in [0, 0.1) is 11.7 Å². The summed E-state index contributed by atoms with van der Waals surface area (Å²) >= 11 is 5.66. The van der Waals surface area contributed by atoms with E-state index in [9.17, 15) is 9.50 Å². The second-order valence-electron chi connectivity index (χ2n) is 4.69. The van der Waals surface area contributed by atoms with Crippen LogP contribution in [0.3, 0.4) is 0 Å². The monoisotopic (exact) mass is 278 g/mol. The Morgan fingerprint density at radius 1 is 1.00 bits per heavy atom. The molecule has 0 aliphatic carbocycles. The van der Waals surface area contributed by atoms with Gasteiger partial charge in [-0.15, -0.1) is 0 Å². The van der Waals surface area contributed by atoms with Crippen LogP contribution in [0.15, 0.2) is 48.5 Å². The molecule has 3 heteroatoms. The van der Waals surface area contributed by atoms with Gasteiger partial charge in [0.05, 0.1) is 5.02 Å². The molecular formula is C16H16ClFO. The summed E-state index contributed by atoms with van der Waals surface area (Å²) in [6.07, 6.45) is 1.42. The molecule has 0 fully saturated rings. The summed E-state index contributed by atoms with van der Waals surface area (Å²) in [4.78, 5) is 0. The Labute approximate surface area is 117 Å². The van der Waals surface area contributed by atoms with E-state index in [0.717, 1.165) is 12.0 Å². The number of hydrogen-bond acceptors (Lipinski definition) is 1. The minimum absolute atomic E-state index is 0.0825. The Bertz CT molecular complexity index is 528. The molecule has 1 N–H and O–H groups in total. The van der Waals surface area contributed by atoms with Gasteiger partial charge >= 0.3 is 0 Å². The van der Waals surface area contributed by atoms with Gasteiger partial charge in [-0.1, -0.05) is 48.0 Å². The summed E-state index contributed by atoms with van der Waals surface area (Å²) < 4.78 is 13.4. The molecule has 0 aliphatic rings. The smallest absolute Gasteiger partial charge is 0.142 e. The predicted molar refractivity (Wildman–Crippen MR) is 75.8 cm³/mol. The van der Waals surface area contributed by atoms with Crippen LogP contribution >= 0.6 is 11.6 Å². The van der Waals surface area contributed by atoms with Crippen molar-refractivity contribution in [3.8, 4) is 0 Å². The number of halogens is 2. The van der Waals surface area contributed by atoms with E-state index >= 15 is 0 Å². The van der Waals surface area contributed by atoms with Crippen molar-refractivity contribution in [3.63, 3.8) is 0 Å². The molecule has 0 aromatic heterocycles. The topological polar surface area (TPSA) is 20.2 Å². The van der Waals surface area contributed by atoms with E-state index in [2.05, 4.69) is 0 Å². The van der Waals surface area contributed by atoms with Gasteiger partial charge in [-0.05, 0) is 42.0 Å². The van der Waals surface area contributed by atoms with E-state index in [1.807, 2.05) is 30.3 Å². The van der Waals surface area contributed by atoms with Crippen LogP contribution in [0.25, 0.3) is 0 Å². The maximum atomic E-state index is 13.4. The van der Waals surface area contributed by atoms with Gasteiger partial charge in [0.25, 0.3) is 0 Å². The zero-order valence-electron chi connectivity index (χ0n) is 10.5. The van der Waals surface area contributed by atoms with E-state index in [1.165, 1.54) is 11.6 Å². The lowest BCUT2D eigenvalue weighted by atomic mass is 9.93. The second kappa shape index (κ2) is 6.69. The highest BCUT2D eigenvalue weighted by Gasteiger charge is 2.11. The summed E-state index contributed by atoms with van der Waals surface area (Å²) in [6.45, 7) is 0.0825. The van der Waals surface area contributed by atoms with Crippen LogP contribution in [-0.2, 0) is 12.8 Å². The third-order valence-corrected chi connectivity index (χ3v) is 3.44. The quantitative estimate of drug-likeness (QED) is 0.880. The summed E-state index contributed by atoms with van der Waals surface area (Å²) in [5.41, 5.74) is 2.04. The summed E-state index contributed by atoms with van der Waals surface area (Å²) in [5, 5.41) is 9.58. The van der Waals surface area contributed by atoms with Gasteiger partial charge in [0, 0.05) is 6.61 Å². The fourth-order valence-corrected chi connectivity index (χ4v) is 2.27. The zero-order chi connectivity index (χ0) is 13.7. The summed E-state index contributed by atoms with van der Waals surface area (Å²) in [7, 11) is 0. The largest absolute Gasteiger partial charge is 0.396 e. The molecule has 0 bridgehead atoms. The van der Waals surface area contributed by atoms with Crippen molar-refractivity contribution in [2.75, 3.05) is 6.61 Å². The number of benzene rings is 2. The highest BCUT2D eigenvalue weighted by molar-refractivity contribution is 6.30. The van der Waals surface area contributed by atoms with Crippen molar-refractivity contribution in [3.05, 3.63) is 70.5 Å². The molecule has 19 heavy (non-hydrogen) atoms. The Balaban J connectivity index is 2.04. The van der Waals surface area contributed by atoms with Crippen molar-refractivity contribution in [2.45, 2.75) is 12.8 Å². The molecule has 2 aromatic carbocycles. The number of hydrogen-bond donors (Lipinski definition) is 1. The number of aliphatic hydroxyl groups is 1. The minimum atomic E-state index is -0.407. The molecule has 0 aliphatic heterocycles. The normalized spacial score (nSPS) is 12.4. The van der Waals surface area contributed by atoms with Crippen LogP contribution in [0.4, 0.5) is 4.39 Å². The minimum Gasteiger partial charge on any atom is -0.396 e. The van der Waals surface area contributed by atoms with Crippen molar-refractivity contribution in [1.29, 1.82) is 0 Å². The Hall–Kier alpha value is -1.38. The first-order valence-corrected chi connectivity index (χ1v) is 6.65. The Morgan fingerprint density at radius 2 is 1.68 bits per heavy atom. The maximum absolute atomic E-state index is 13.4. The van der Waals surface area contributed by atoms with Crippen molar-refractivity contribution < 1.29 is 9.50 Å². The van der Waals surface area contributed by atoms with Gasteiger partial charge in [0.1, 0.15) is 5.82 Å². The van der Waals surface area contributed by atoms with E-state index in [0.29, 0.717) is 6.42 Å². The fourth-order valence-electron chi connectivity index (χ4n) is 2.15. The van der Waals surface area contributed by atoms with Gasteiger partial charge in [0.2, 0.25) is 0 Å². The molecule has 0 spiro atoms. The third-order valence-electron chi connectivity index (χ3n) is 3.13. The Kier molecular flexibility index (Phi) is 4.94. The number of aliphatic hydroxyl groups excluding tert-OH is 1. The molecule has 0 heterocycles. The van der Waals surface area contributed by atoms with E-state index < -0.39 is 5.82 Å². The molecule has 100 valence electrons. The molecule has 1 unspecified atom stereocenters. The standard InChI is InChI=1S/C16H16ClFO/c17-15-7-6-13(10-16(15)18)9-14(11-19)8-12-4-2-1-3-5-12/h1-7,10,14,19H,8-9,11H2. The van der Waals surface area contributed by atoms with Gasteiger partial charge in [-0.2, -0.15) is 0 Å². The first-order valence-electron chi connectivity index (χ1n) is 6.27. The van der Waals surface area contributed by atoms with Crippen molar-refractivity contribution in [2.24, 2.45) is 5.92 Å². The first kappa shape index (κ1) is 14.0. The van der Waals surface area contributed by atoms with Crippen molar-refractivity contribution >= 4 is 11.6 Å². The summed E-state index contributed by atoms with van der Waals surface area (Å²) in [6, 6.07) is 14.8. The van der Waals surface area contributed by atoms with E-state index in [-0.39, 0.29) is 17.5 Å². The highest BCUT2D eigenvalue weighted by Crippen LogP contribution is 2.19. The molecule has 0 saturated heterocycles. The lowest BCUT2D eigenvalue weighted by Gasteiger charge is -2.14. The SMILES string of the molecule is OCC(Cc1ccccc1)Cc1ccc(Cl)c(F)c1.